The first-order valence-electron chi connectivity index (χ1n) is 8.44. The maximum atomic E-state index is 12.2. The molecule has 8 heteroatoms. The second-order valence-electron chi connectivity index (χ2n) is 6.93. The van der Waals surface area contributed by atoms with Gasteiger partial charge in [0.25, 0.3) is 0 Å². The number of hydrogen-bond donors (Lipinski definition) is 2. The van der Waals surface area contributed by atoms with Gasteiger partial charge in [0, 0.05) is 5.56 Å². The van der Waals surface area contributed by atoms with Crippen molar-refractivity contribution in [1.82, 2.24) is 9.97 Å². The molecule has 148 valence electrons. The van der Waals surface area contributed by atoms with E-state index >= 15 is 0 Å². The van der Waals surface area contributed by atoms with Crippen LogP contribution in [0.15, 0.2) is 30.5 Å². The highest BCUT2D eigenvalue weighted by Gasteiger charge is 2.28. The second kappa shape index (κ2) is 10.4. The third kappa shape index (κ3) is 7.03. The van der Waals surface area contributed by atoms with Crippen LogP contribution in [0.3, 0.4) is 0 Å². The third-order valence-corrected chi connectivity index (χ3v) is 3.55. The Kier molecular flexibility index (Phi) is 9.37. The Morgan fingerprint density at radius 2 is 1.86 bits per heavy atom. The van der Waals surface area contributed by atoms with E-state index in [1.807, 2.05) is 19.1 Å². The van der Waals surface area contributed by atoms with Crippen molar-refractivity contribution in [3.63, 3.8) is 0 Å². The van der Waals surface area contributed by atoms with E-state index in [2.05, 4.69) is 21.8 Å². The molecule has 0 saturated carbocycles. The fourth-order valence-electron chi connectivity index (χ4n) is 2.29. The Morgan fingerprint density at radius 1 is 1.25 bits per heavy atom. The average Bonchev–Trinajstić information content (AvgIpc) is 3.02. The number of nitrogens with zero attached hydrogens (tertiary/aromatic N) is 1. The van der Waals surface area contributed by atoms with Crippen LogP contribution in [0.25, 0.3) is 0 Å². The van der Waals surface area contributed by atoms with Gasteiger partial charge >= 0.3 is 5.97 Å². The quantitative estimate of drug-likeness (QED) is 0.349. The molecule has 0 aliphatic heterocycles. The van der Waals surface area contributed by atoms with Gasteiger partial charge in [-0.25, -0.2) is 9.78 Å². The van der Waals surface area contributed by atoms with Crippen molar-refractivity contribution in [2.24, 2.45) is 0 Å². The number of aromatic amines is 1. The van der Waals surface area contributed by atoms with Crippen LogP contribution in [0.1, 0.15) is 57.1 Å². The highest BCUT2D eigenvalue weighted by molar-refractivity contribution is 6.37. The summed E-state index contributed by atoms with van der Waals surface area (Å²) in [6, 6.07) is 7.26. The van der Waals surface area contributed by atoms with Crippen molar-refractivity contribution in [3.8, 4) is 11.8 Å². The van der Waals surface area contributed by atoms with Crippen molar-refractivity contribution in [3.05, 3.63) is 47.5 Å². The Hall–Kier alpha value is -2.89. The Labute approximate surface area is 166 Å². The molecule has 0 amide bonds. The van der Waals surface area contributed by atoms with E-state index in [0.717, 1.165) is 5.56 Å². The SMILES string of the molecule is O.O.[B]c1ccc(C#Cc2cnc([C@@H](CC)C(=N)C(=O)OC(C)(C)C)[nH]2)cc1. The zero-order valence-corrected chi connectivity index (χ0v) is 16.5. The van der Waals surface area contributed by atoms with Crippen molar-refractivity contribution in [2.45, 2.75) is 45.6 Å². The number of carbonyl (C=O) groups excluding carboxylic acids is 1. The van der Waals surface area contributed by atoms with Crippen LogP contribution in [-0.2, 0) is 9.53 Å². The maximum Gasteiger partial charge on any atom is 0.353 e. The van der Waals surface area contributed by atoms with Gasteiger partial charge in [-0.15, -0.1) is 0 Å². The normalized spacial score (nSPS) is 11.1. The predicted octanol–water partition coefficient (Wildman–Crippen LogP) is 0.809. The van der Waals surface area contributed by atoms with Crippen LogP contribution in [0.2, 0.25) is 0 Å². The lowest BCUT2D eigenvalue weighted by molar-refractivity contribution is -0.146. The molecular formula is C20H26BN3O4. The molecule has 2 radical (unpaired) electrons. The summed E-state index contributed by atoms with van der Waals surface area (Å²) in [6.45, 7) is 7.22. The first kappa shape index (κ1) is 25.1. The molecule has 1 aromatic carbocycles. The van der Waals surface area contributed by atoms with E-state index in [4.69, 9.17) is 18.0 Å². The Balaban J connectivity index is 0.00000364. The number of imidazole rings is 1. The van der Waals surface area contributed by atoms with E-state index in [0.29, 0.717) is 23.4 Å². The lowest BCUT2D eigenvalue weighted by Crippen LogP contribution is -2.31. The van der Waals surface area contributed by atoms with Gasteiger partial charge < -0.3 is 20.7 Å². The maximum absolute atomic E-state index is 12.2. The minimum absolute atomic E-state index is 0. The summed E-state index contributed by atoms with van der Waals surface area (Å²) in [5.41, 5.74) is 1.39. The first-order valence-corrected chi connectivity index (χ1v) is 8.44. The topological polar surface area (TPSA) is 142 Å². The van der Waals surface area contributed by atoms with Crippen molar-refractivity contribution in [2.75, 3.05) is 0 Å². The monoisotopic (exact) mass is 383 g/mol. The fourth-order valence-corrected chi connectivity index (χ4v) is 2.29. The summed E-state index contributed by atoms with van der Waals surface area (Å²) in [6.07, 6.45) is 2.15. The molecule has 0 bridgehead atoms. The second-order valence-corrected chi connectivity index (χ2v) is 6.93. The summed E-state index contributed by atoms with van der Waals surface area (Å²) in [4.78, 5) is 19.5. The molecule has 1 atom stereocenters. The number of hydrogen-bond acceptors (Lipinski definition) is 4. The van der Waals surface area contributed by atoms with E-state index in [9.17, 15) is 4.79 Å². The lowest BCUT2D eigenvalue weighted by Gasteiger charge is -2.21. The van der Waals surface area contributed by atoms with Crippen molar-refractivity contribution >= 4 is 25.0 Å². The molecule has 0 spiro atoms. The van der Waals surface area contributed by atoms with Crippen LogP contribution in [0, 0.1) is 17.3 Å². The highest BCUT2D eigenvalue weighted by atomic mass is 16.6. The number of nitrogens with one attached hydrogen (secondary N) is 2. The molecule has 0 aliphatic rings. The van der Waals surface area contributed by atoms with Gasteiger partial charge in [-0.1, -0.05) is 30.4 Å². The minimum atomic E-state index is -0.638. The number of H-pyrrole nitrogens is 1. The summed E-state index contributed by atoms with van der Waals surface area (Å²) in [5, 5.41) is 8.15. The predicted molar refractivity (Wildman–Crippen MR) is 110 cm³/mol. The van der Waals surface area contributed by atoms with E-state index < -0.39 is 17.5 Å². The smallest absolute Gasteiger partial charge is 0.353 e. The van der Waals surface area contributed by atoms with Crippen LogP contribution < -0.4 is 5.46 Å². The number of carbonyl (C=O) groups is 1. The zero-order chi connectivity index (χ0) is 19.3. The van der Waals surface area contributed by atoms with Crippen LogP contribution in [-0.4, -0.2) is 46.0 Å². The van der Waals surface area contributed by atoms with Crippen molar-refractivity contribution in [1.29, 1.82) is 5.41 Å². The van der Waals surface area contributed by atoms with Crippen LogP contribution >= 0.6 is 0 Å². The Morgan fingerprint density at radius 3 is 2.39 bits per heavy atom. The van der Waals surface area contributed by atoms with Gasteiger partial charge in [-0.05, 0) is 45.2 Å². The van der Waals surface area contributed by atoms with Gasteiger partial charge in [0.05, 0.1) is 12.1 Å². The summed E-state index contributed by atoms with van der Waals surface area (Å²) < 4.78 is 5.28. The fraction of sp³-hybridized carbons (Fsp3) is 0.350. The highest BCUT2D eigenvalue weighted by Crippen LogP contribution is 2.20. The summed E-state index contributed by atoms with van der Waals surface area (Å²) >= 11 is 0. The molecule has 0 unspecified atom stereocenters. The molecule has 0 fully saturated rings. The number of ether oxygens (including phenoxy) is 1. The molecule has 1 aromatic heterocycles. The molecule has 2 rings (SSSR count). The van der Waals surface area contributed by atoms with Gasteiger partial charge in [0.1, 0.15) is 30.7 Å². The molecule has 28 heavy (non-hydrogen) atoms. The molecule has 7 nitrogen and oxygen atoms in total. The van der Waals surface area contributed by atoms with E-state index in [1.165, 1.54) is 0 Å². The molecular weight excluding hydrogens is 357 g/mol. The largest absolute Gasteiger partial charge is 0.455 e. The average molecular weight is 383 g/mol. The molecule has 1 heterocycles. The van der Waals surface area contributed by atoms with Gasteiger partial charge in [0.15, 0.2) is 0 Å². The minimum Gasteiger partial charge on any atom is -0.455 e. The van der Waals surface area contributed by atoms with Crippen LogP contribution in [0.4, 0.5) is 0 Å². The van der Waals surface area contributed by atoms with E-state index in [1.54, 1.807) is 39.1 Å². The third-order valence-electron chi connectivity index (χ3n) is 3.55. The Bertz CT molecular complexity index is 858. The molecule has 0 aliphatic carbocycles. The van der Waals surface area contributed by atoms with E-state index in [-0.39, 0.29) is 16.7 Å². The van der Waals surface area contributed by atoms with Crippen molar-refractivity contribution < 1.29 is 20.5 Å². The molecule has 0 saturated heterocycles. The summed E-state index contributed by atoms with van der Waals surface area (Å²) in [5.74, 6) is 5.45. The number of esters is 1. The lowest BCUT2D eigenvalue weighted by atomic mass is 9.95. The van der Waals surface area contributed by atoms with Gasteiger partial charge in [-0.3, -0.25) is 5.41 Å². The summed E-state index contributed by atoms with van der Waals surface area (Å²) in [7, 11) is 5.65. The number of rotatable bonds is 4. The molecule has 2 aromatic rings. The zero-order valence-electron chi connectivity index (χ0n) is 16.5. The number of benzene rings is 1. The first-order chi connectivity index (χ1) is 12.2. The standard InChI is InChI=1S/C20H22BN3O2.2H2O/c1-5-16(17(22)19(25)26-20(2,3)4)18-23-12-15(24-18)11-8-13-6-9-14(21)10-7-13;;/h6-7,9-10,12,16,22H,5H2,1-4H3,(H,23,24);2*1H2/t16-;;/m0../s1. The van der Waals surface area contributed by atoms with Crippen LogP contribution in [0.5, 0.6) is 0 Å². The number of aromatic nitrogens is 2. The van der Waals surface area contributed by atoms with Gasteiger partial charge in [-0.2, -0.15) is 0 Å². The molecule has 6 N–H and O–H groups in total. The van der Waals surface area contributed by atoms with Gasteiger partial charge in [0.2, 0.25) is 0 Å².